The molecule has 1 aliphatic heterocycles. The number of nitrogens with zero attached hydrogens (tertiary/aromatic N) is 4. The number of para-hydroxylation sites is 1. The van der Waals surface area contributed by atoms with Crippen LogP contribution in [0, 0.1) is 13.8 Å². The highest BCUT2D eigenvalue weighted by molar-refractivity contribution is 7.89. The Labute approximate surface area is 212 Å². The molecule has 2 heterocycles. The van der Waals surface area contributed by atoms with Crippen molar-refractivity contribution >= 4 is 15.8 Å². The summed E-state index contributed by atoms with van der Waals surface area (Å²) in [5, 5.41) is 8.83. The summed E-state index contributed by atoms with van der Waals surface area (Å²) in [6.45, 7) is 6.03. The van der Waals surface area contributed by atoms with E-state index < -0.39 is 10.0 Å². The van der Waals surface area contributed by atoms with E-state index in [1.54, 1.807) is 24.3 Å². The lowest BCUT2D eigenvalue weighted by molar-refractivity contribution is 0.383. The van der Waals surface area contributed by atoms with Crippen molar-refractivity contribution in [1.29, 1.82) is 0 Å². The Bertz CT molecular complexity index is 1430. The van der Waals surface area contributed by atoms with Gasteiger partial charge in [0.1, 0.15) is 11.5 Å². The van der Waals surface area contributed by atoms with Crippen LogP contribution in [-0.4, -0.2) is 49.1 Å². The van der Waals surface area contributed by atoms with Crippen LogP contribution >= 0.6 is 0 Å². The zero-order valence-electron chi connectivity index (χ0n) is 20.3. The normalized spacial score (nSPS) is 14.6. The second kappa shape index (κ2) is 10.1. The molecular weight excluding hydrogens is 472 g/mol. The molecule has 5 rings (SSSR count). The number of anilines is 1. The number of hydrogen-bond donors (Lipinski definition) is 0. The van der Waals surface area contributed by atoms with Crippen LogP contribution < -0.4 is 9.64 Å². The van der Waals surface area contributed by atoms with E-state index in [0.29, 0.717) is 37.7 Å². The second-order valence-electron chi connectivity index (χ2n) is 8.85. The lowest BCUT2D eigenvalue weighted by atomic mass is 10.0. The molecule has 4 aromatic rings. The Balaban J connectivity index is 1.21. The summed E-state index contributed by atoms with van der Waals surface area (Å²) in [4.78, 5) is 2.33. The van der Waals surface area contributed by atoms with Gasteiger partial charge in [-0.3, -0.25) is 0 Å². The zero-order valence-corrected chi connectivity index (χ0v) is 21.1. The molecule has 0 saturated carbocycles. The standard InChI is InChI=1S/C28H28N4O3S/c1-21-8-9-23(20-22(21)2)27-14-15-28(30-29-27)31-16-18-32(19-17-31)36(33,34)26-12-10-25(11-13-26)35-24-6-4-3-5-7-24/h3-15,20H,16-19H2,1-2H3. The van der Waals surface area contributed by atoms with Crippen molar-refractivity contribution in [3.8, 4) is 22.8 Å². The molecule has 0 N–H and O–H groups in total. The van der Waals surface area contributed by atoms with E-state index in [-0.39, 0.29) is 4.90 Å². The molecule has 1 saturated heterocycles. The SMILES string of the molecule is Cc1ccc(-c2ccc(N3CCN(S(=O)(=O)c4ccc(Oc5ccccc5)cc4)CC3)nn2)cc1C. The Morgan fingerprint density at radius 3 is 2.06 bits per heavy atom. The maximum absolute atomic E-state index is 13.2. The molecule has 0 bridgehead atoms. The van der Waals surface area contributed by atoms with Crippen LogP contribution in [0.1, 0.15) is 11.1 Å². The molecule has 8 heteroatoms. The summed E-state index contributed by atoms with van der Waals surface area (Å²) in [6.07, 6.45) is 0. The van der Waals surface area contributed by atoms with Gasteiger partial charge in [0.25, 0.3) is 0 Å². The van der Waals surface area contributed by atoms with E-state index in [1.165, 1.54) is 15.4 Å². The molecule has 3 aromatic carbocycles. The predicted octanol–water partition coefficient (Wildman–Crippen LogP) is 5.06. The van der Waals surface area contributed by atoms with Gasteiger partial charge in [-0.05, 0) is 79.6 Å². The number of aryl methyl sites for hydroxylation is 2. The zero-order chi connectivity index (χ0) is 25.1. The van der Waals surface area contributed by atoms with Gasteiger partial charge in [0.2, 0.25) is 10.0 Å². The number of rotatable bonds is 6. The van der Waals surface area contributed by atoms with E-state index in [1.807, 2.05) is 42.5 Å². The largest absolute Gasteiger partial charge is 0.457 e. The molecule has 0 amide bonds. The van der Waals surface area contributed by atoms with Crippen molar-refractivity contribution in [2.45, 2.75) is 18.7 Å². The minimum Gasteiger partial charge on any atom is -0.457 e. The van der Waals surface area contributed by atoms with Crippen LogP contribution in [0.4, 0.5) is 5.82 Å². The number of benzene rings is 3. The van der Waals surface area contributed by atoms with Gasteiger partial charge in [-0.1, -0.05) is 30.3 Å². The lowest BCUT2D eigenvalue weighted by Crippen LogP contribution is -2.48. The highest BCUT2D eigenvalue weighted by Crippen LogP contribution is 2.26. The highest BCUT2D eigenvalue weighted by atomic mass is 32.2. The molecule has 1 fully saturated rings. The van der Waals surface area contributed by atoms with Crippen molar-refractivity contribution in [3.05, 3.63) is 96.1 Å². The van der Waals surface area contributed by atoms with Gasteiger partial charge in [-0.2, -0.15) is 4.31 Å². The third-order valence-electron chi connectivity index (χ3n) is 6.46. The Kier molecular flexibility index (Phi) is 6.71. The molecule has 0 aliphatic carbocycles. The third-order valence-corrected chi connectivity index (χ3v) is 8.37. The number of hydrogen-bond acceptors (Lipinski definition) is 6. The van der Waals surface area contributed by atoms with Crippen molar-refractivity contribution in [1.82, 2.24) is 14.5 Å². The Morgan fingerprint density at radius 2 is 1.42 bits per heavy atom. The number of sulfonamides is 1. The van der Waals surface area contributed by atoms with Gasteiger partial charge in [0, 0.05) is 31.7 Å². The van der Waals surface area contributed by atoms with Crippen LogP contribution in [0.15, 0.2) is 89.8 Å². The van der Waals surface area contributed by atoms with Gasteiger partial charge in [-0.15, -0.1) is 10.2 Å². The van der Waals surface area contributed by atoms with E-state index in [0.717, 1.165) is 17.1 Å². The molecule has 36 heavy (non-hydrogen) atoms. The maximum atomic E-state index is 13.2. The maximum Gasteiger partial charge on any atom is 0.243 e. The predicted molar refractivity (Wildman–Crippen MR) is 141 cm³/mol. The first-order valence-corrected chi connectivity index (χ1v) is 13.3. The van der Waals surface area contributed by atoms with E-state index in [9.17, 15) is 8.42 Å². The van der Waals surface area contributed by atoms with E-state index in [2.05, 4.69) is 47.1 Å². The minimum atomic E-state index is -3.59. The molecule has 7 nitrogen and oxygen atoms in total. The number of piperazine rings is 1. The molecule has 0 unspecified atom stereocenters. The smallest absolute Gasteiger partial charge is 0.243 e. The Morgan fingerprint density at radius 1 is 0.722 bits per heavy atom. The highest BCUT2D eigenvalue weighted by Gasteiger charge is 2.29. The average molecular weight is 501 g/mol. The molecule has 1 aliphatic rings. The minimum absolute atomic E-state index is 0.258. The fourth-order valence-corrected chi connectivity index (χ4v) is 5.58. The third kappa shape index (κ3) is 5.10. The first kappa shape index (κ1) is 24.0. The summed E-state index contributed by atoms with van der Waals surface area (Å²) in [5.74, 6) is 2.05. The van der Waals surface area contributed by atoms with Gasteiger partial charge < -0.3 is 9.64 Å². The summed E-state index contributed by atoms with van der Waals surface area (Å²) >= 11 is 0. The molecule has 184 valence electrons. The van der Waals surface area contributed by atoms with Crippen LogP contribution in [-0.2, 0) is 10.0 Å². The van der Waals surface area contributed by atoms with Gasteiger partial charge in [0.15, 0.2) is 5.82 Å². The van der Waals surface area contributed by atoms with Crippen LogP contribution in [0.5, 0.6) is 11.5 Å². The van der Waals surface area contributed by atoms with Gasteiger partial charge in [0.05, 0.1) is 10.6 Å². The van der Waals surface area contributed by atoms with Crippen LogP contribution in [0.3, 0.4) is 0 Å². The van der Waals surface area contributed by atoms with Crippen molar-refractivity contribution < 1.29 is 13.2 Å². The van der Waals surface area contributed by atoms with Crippen molar-refractivity contribution in [2.75, 3.05) is 31.1 Å². The second-order valence-corrected chi connectivity index (χ2v) is 10.8. The fraction of sp³-hybridized carbons (Fsp3) is 0.214. The molecule has 1 aromatic heterocycles. The first-order chi connectivity index (χ1) is 17.4. The lowest BCUT2D eigenvalue weighted by Gasteiger charge is -2.34. The van der Waals surface area contributed by atoms with Crippen LogP contribution in [0.2, 0.25) is 0 Å². The summed E-state index contributed by atoms with van der Waals surface area (Å²) in [6, 6.07) is 26.1. The van der Waals surface area contributed by atoms with Crippen molar-refractivity contribution in [3.63, 3.8) is 0 Å². The average Bonchev–Trinajstić information content (AvgIpc) is 2.91. The molecule has 0 atom stereocenters. The first-order valence-electron chi connectivity index (χ1n) is 11.9. The quantitative estimate of drug-likeness (QED) is 0.368. The fourth-order valence-electron chi connectivity index (χ4n) is 4.16. The number of ether oxygens (including phenoxy) is 1. The van der Waals surface area contributed by atoms with Crippen LogP contribution in [0.25, 0.3) is 11.3 Å². The molecule has 0 spiro atoms. The molecule has 0 radical (unpaired) electrons. The Hall–Kier alpha value is -3.75. The summed E-state index contributed by atoms with van der Waals surface area (Å²) in [5.41, 5.74) is 4.32. The van der Waals surface area contributed by atoms with Crippen molar-refractivity contribution in [2.24, 2.45) is 0 Å². The topological polar surface area (TPSA) is 75.6 Å². The summed E-state index contributed by atoms with van der Waals surface area (Å²) < 4.78 is 33.7. The monoisotopic (exact) mass is 500 g/mol. The molecular formula is C28H28N4O3S. The number of aromatic nitrogens is 2. The van der Waals surface area contributed by atoms with E-state index in [4.69, 9.17) is 4.74 Å². The van der Waals surface area contributed by atoms with Gasteiger partial charge >= 0.3 is 0 Å². The summed E-state index contributed by atoms with van der Waals surface area (Å²) in [7, 11) is -3.59. The van der Waals surface area contributed by atoms with Gasteiger partial charge in [-0.25, -0.2) is 8.42 Å². The van der Waals surface area contributed by atoms with E-state index >= 15 is 0 Å².